The molecule has 1 aromatic carbocycles. The SMILES string of the molecule is COCC1(C(=O)O)CCCN(C(=O)C(Oc2cccc(Cl)c2)C(C)C)C1. The van der Waals surface area contributed by atoms with E-state index in [4.69, 9.17) is 21.1 Å². The predicted octanol–water partition coefficient (Wildman–Crippen LogP) is 3.08. The number of hydrogen-bond donors (Lipinski definition) is 1. The van der Waals surface area contributed by atoms with Gasteiger partial charge in [-0.15, -0.1) is 0 Å². The van der Waals surface area contributed by atoms with E-state index in [9.17, 15) is 14.7 Å². The number of rotatable bonds is 7. The molecule has 1 fully saturated rings. The first-order valence-electron chi connectivity index (χ1n) is 8.72. The molecule has 7 heteroatoms. The summed E-state index contributed by atoms with van der Waals surface area (Å²) in [6, 6.07) is 6.90. The third kappa shape index (κ3) is 4.68. The Morgan fingerprint density at radius 1 is 1.38 bits per heavy atom. The highest BCUT2D eigenvalue weighted by atomic mass is 35.5. The van der Waals surface area contributed by atoms with Crippen molar-refractivity contribution >= 4 is 23.5 Å². The third-order valence-corrected chi connectivity index (χ3v) is 4.91. The summed E-state index contributed by atoms with van der Waals surface area (Å²) in [4.78, 5) is 26.5. The molecule has 1 amide bonds. The molecule has 26 heavy (non-hydrogen) atoms. The molecule has 0 aliphatic carbocycles. The Morgan fingerprint density at radius 3 is 2.69 bits per heavy atom. The highest BCUT2D eigenvalue weighted by Gasteiger charge is 2.45. The van der Waals surface area contributed by atoms with Crippen LogP contribution >= 0.6 is 11.6 Å². The average molecular weight is 384 g/mol. The van der Waals surface area contributed by atoms with E-state index in [-0.39, 0.29) is 25.0 Å². The maximum Gasteiger partial charge on any atom is 0.313 e. The minimum atomic E-state index is -1.07. The molecule has 1 aromatic rings. The number of ether oxygens (including phenoxy) is 2. The summed E-state index contributed by atoms with van der Waals surface area (Å²) in [5.41, 5.74) is -1.07. The first kappa shape index (κ1) is 20.5. The minimum absolute atomic E-state index is 0.0770. The Labute approximate surface area is 159 Å². The van der Waals surface area contributed by atoms with E-state index in [2.05, 4.69) is 0 Å². The van der Waals surface area contributed by atoms with Crippen LogP contribution in [-0.2, 0) is 14.3 Å². The predicted molar refractivity (Wildman–Crippen MR) is 98.5 cm³/mol. The van der Waals surface area contributed by atoms with Crippen molar-refractivity contribution in [2.45, 2.75) is 32.8 Å². The van der Waals surface area contributed by atoms with Crippen LogP contribution in [0.15, 0.2) is 24.3 Å². The van der Waals surface area contributed by atoms with Gasteiger partial charge in [0.1, 0.15) is 11.2 Å². The van der Waals surface area contributed by atoms with Crippen LogP contribution in [0.5, 0.6) is 5.75 Å². The van der Waals surface area contributed by atoms with Crippen molar-refractivity contribution in [3.8, 4) is 5.75 Å². The molecule has 0 spiro atoms. The van der Waals surface area contributed by atoms with Gasteiger partial charge in [0, 0.05) is 25.2 Å². The molecule has 2 rings (SSSR count). The number of hydrogen-bond acceptors (Lipinski definition) is 4. The van der Waals surface area contributed by atoms with Crippen LogP contribution in [-0.4, -0.2) is 54.8 Å². The van der Waals surface area contributed by atoms with E-state index in [0.717, 1.165) is 0 Å². The second-order valence-corrected chi connectivity index (χ2v) is 7.56. The standard InChI is InChI=1S/C19H26ClNO5/c1-13(2)16(26-15-7-4-6-14(20)10-15)17(22)21-9-5-8-19(11-21,12-25-3)18(23)24/h4,6-7,10,13,16H,5,8-9,11-12H2,1-3H3,(H,23,24). The van der Waals surface area contributed by atoms with Crippen LogP contribution in [0.25, 0.3) is 0 Å². The van der Waals surface area contributed by atoms with Gasteiger partial charge in [-0.25, -0.2) is 0 Å². The van der Waals surface area contributed by atoms with Crippen molar-refractivity contribution in [2.75, 3.05) is 26.8 Å². The molecule has 0 saturated carbocycles. The van der Waals surface area contributed by atoms with Gasteiger partial charge in [-0.05, 0) is 37.0 Å². The van der Waals surface area contributed by atoms with Gasteiger partial charge in [0.15, 0.2) is 6.10 Å². The van der Waals surface area contributed by atoms with E-state index < -0.39 is 17.5 Å². The van der Waals surface area contributed by atoms with E-state index in [0.29, 0.717) is 30.2 Å². The average Bonchev–Trinajstić information content (AvgIpc) is 2.59. The first-order valence-corrected chi connectivity index (χ1v) is 9.10. The van der Waals surface area contributed by atoms with Crippen molar-refractivity contribution in [3.63, 3.8) is 0 Å². The summed E-state index contributed by atoms with van der Waals surface area (Å²) in [5, 5.41) is 10.2. The first-order chi connectivity index (χ1) is 12.3. The number of piperidine rings is 1. The van der Waals surface area contributed by atoms with Gasteiger partial charge in [0.05, 0.1) is 6.61 Å². The quantitative estimate of drug-likeness (QED) is 0.783. The van der Waals surface area contributed by atoms with Crippen molar-refractivity contribution < 1.29 is 24.2 Å². The van der Waals surface area contributed by atoms with Crippen LogP contribution in [0.1, 0.15) is 26.7 Å². The molecule has 1 saturated heterocycles. The van der Waals surface area contributed by atoms with Gasteiger partial charge in [0.25, 0.3) is 5.91 Å². The van der Waals surface area contributed by atoms with Gasteiger partial charge >= 0.3 is 5.97 Å². The van der Waals surface area contributed by atoms with Crippen molar-refractivity contribution in [2.24, 2.45) is 11.3 Å². The highest BCUT2D eigenvalue weighted by molar-refractivity contribution is 6.30. The number of likely N-dealkylation sites (tertiary alicyclic amines) is 1. The lowest BCUT2D eigenvalue weighted by molar-refractivity contribution is -0.161. The Kier molecular flexibility index (Phi) is 6.89. The third-order valence-electron chi connectivity index (χ3n) is 4.67. The second kappa shape index (κ2) is 8.73. The number of amides is 1. The van der Waals surface area contributed by atoms with Crippen molar-refractivity contribution in [3.05, 3.63) is 29.3 Å². The molecule has 1 N–H and O–H groups in total. The fourth-order valence-corrected chi connectivity index (χ4v) is 3.47. The lowest BCUT2D eigenvalue weighted by Crippen LogP contribution is -2.55. The largest absolute Gasteiger partial charge is 0.481 e. The van der Waals surface area contributed by atoms with Gasteiger partial charge < -0.3 is 19.5 Å². The fraction of sp³-hybridized carbons (Fsp3) is 0.579. The molecule has 0 bridgehead atoms. The number of methoxy groups -OCH3 is 1. The Bertz CT molecular complexity index is 647. The number of carboxylic acids is 1. The van der Waals surface area contributed by atoms with E-state index in [1.165, 1.54) is 7.11 Å². The zero-order valence-electron chi connectivity index (χ0n) is 15.4. The Hall–Kier alpha value is -1.79. The van der Waals surface area contributed by atoms with Crippen LogP contribution in [0, 0.1) is 11.3 Å². The lowest BCUT2D eigenvalue weighted by Gasteiger charge is -2.41. The number of carboxylic acid groups (broad SMARTS) is 1. The Morgan fingerprint density at radius 2 is 2.12 bits per heavy atom. The zero-order valence-corrected chi connectivity index (χ0v) is 16.2. The van der Waals surface area contributed by atoms with E-state index in [1.54, 1.807) is 29.2 Å². The summed E-state index contributed by atoms with van der Waals surface area (Å²) in [6.07, 6.45) is 0.394. The highest BCUT2D eigenvalue weighted by Crippen LogP contribution is 2.32. The maximum absolute atomic E-state index is 13.1. The van der Waals surface area contributed by atoms with E-state index in [1.807, 2.05) is 13.8 Å². The minimum Gasteiger partial charge on any atom is -0.481 e. The van der Waals surface area contributed by atoms with Gasteiger partial charge in [0.2, 0.25) is 0 Å². The molecular formula is C19H26ClNO5. The van der Waals surface area contributed by atoms with Crippen LogP contribution in [0.4, 0.5) is 0 Å². The summed E-state index contributed by atoms with van der Waals surface area (Å²) in [7, 11) is 1.48. The fourth-order valence-electron chi connectivity index (χ4n) is 3.29. The molecule has 2 unspecified atom stereocenters. The normalized spacial score (nSPS) is 21.5. The zero-order chi connectivity index (χ0) is 19.3. The monoisotopic (exact) mass is 383 g/mol. The molecule has 0 aromatic heterocycles. The number of carbonyl (C=O) groups is 2. The molecule has 6 nitrogen and oxygen atoms in total. The number of nitrogens with zero attached hydrogens (tertiary/aromatic N) is 1. The topological polar surface area (TPSA) is 76.1 Å². The molecule has 0 radical (unpaired) electrons. The van der Waals surface area contributed by atoms with Crippen molar-refractivity contribution in [1.82, 2.24) is 4.90 Å². The van der Waals surface area contributed by atoms with Gasteiger partial charge in [-0.2, -0.15) is 0 Å². The molecule has 1 aliphatic rings. The van der Waals surface area contributed by atoms with Crippen molar-refractivity contribution in [1.29, 1.82) is 0 Å². The molecule has 2 atom stereocenters. The van der Waals surface area contributed by atoms with Crippen LogP contribution in [0.3, 0.4) is 0 Å². The Balaban J connectivity index is 2.18. The second-order valence-electron chi connectivity index (χ2n) is 7.12. The van der Waals surface area contributed by atoms with Gasteiger partial charge in [-0.3, -0.25) is 9.59 Å². The molecule has 1 aliphatic heterocycles. The summed E-state index contributed by atoms with van der Waals surface area (Å²) in [5.74, 6) is -0.705. The van der Waals surface area contributed by atoms with Crippen LogP contribution < -0.4 is 4.74 Å². The van der Waals surface area contributed by atoms with E-state index >= 15 is 0 Å². The van der Waals surface area contributed by atoms with Crippen LogP contribution in [0.2, 0.25) is 5.02 Å². The number of carbonyl (C=O) groups excluding carboxylic acids is 1. The molecular weight excluding hydrogens is 358 g/mol. The summed E-state index contributed by atoms with van der Waals surface area (Å²) in [6.45, 7) is 4.51. The summed E-state index contributed by atoms with van der Waals surface area (Å²) < 4.78 is 11.0. The smallest absolute Gasteiger partial charge is 0.313 e. The molecule has 1 heterocycles. The number of halogens is 1. The number of benzene rings is 1. The maximum atomic E-state index is 13.1. The summed E-state index contributed by atoms with van der Waals surface area (Å²) >= 11 is 5.99. The molecule has 144 valence electrons. The lowest BCUT2D eigenvalue weighted by atomic mass is 9.80. The van der Waals surface area contributed by atoms with Gasteiger partial charge in [-0.1, -0.05) is 31.5 Å². The number of aliphatic carboxylic acids is 1.